The summed E-state index contributed by atoms with van der Waals surface area (Å²) in [6.07, 6.45) is 5.74. The Bertz CT molecular complexity index is 236. The van der Waals surface area contributed by atoms with Crippen LogP contribution in [0, 0.1) is 17.3 Å². The average Bonchev–Trinajstić information content (AvgIpc) is 2.03. The summed E-state index contributed by atoms with van der Waals surface area (Å²) in [6, 6.07) is 0. The van der Waals surface area contributed by atoms with Gasteiger partial charge in [0, 0.05) is 0 Å². The van der Waals surface area contributed by atoms with Crippen molar-refractivity contribution in [3.05, 3.63) is 11.6 Å². The number of aliphatic hydroxyl groups excluding tert-OH is 1. The molecule has 1 nitrogen and oxygen atoms in total. The molecule has 3 rings (SSSR count). The number of allylic oxidation sites excluding steroid dienone is 1. The van der Waals surface area contributed by atoms with Crippen LogP contribution in [0.4, 0.5) is 0 Å². The quantitative estimate of drug-likeness (QED) is 0.615. The molecule has 0 radical (unpaired) electrons. The Morgan fingerprint density at radius 1 is 1.54 bits per heavy atom. The lowest BCUT2D eigenvalue weighted by Crippen LogP contribution is -2.49. The zero-order chi connectivity index (χ0) is 9.64. The van der Waals surface area contributed by atoms with Gasteiger partial charge >= 0.3 is 0 Å². The van der Waals surface area contributed by atoms with Crippen LogP contribution in [0.5, 0.6) is 0 Å². The van der Waals surface area contributed by atoms with Gasteiger partial charge in [-0.1, -0.05) is 25.5 Å². The van der Waals surface area contributed by atoms with E-state index < -0.39 is 0 Å². The molecular weight excluding hydrogens is 160 g/mol. The molecule has 3 aliphatic carbocycles. The third kappa shape index (κ3) is 1.34. The second-order valence-electron chi connectivity index (χ2n) is 5.33. The second-order valence-corrected chi connectivity index (χ2v) is 5.33. The minimum atomic E-state index is -0.261. The van der Waals surface area contributed by atoms with Crippen molar-refractivity contribution in [2.24, 2.45) is 17.3 Å². The molecule has 2 bridgehead atoms. The molecule has 3 unspecified atom stereocenters. The third-order valence-corrected chi connectivity index (χ3v) is 4.15. The summed E-state index contributed by atoms with van der Waals surface area (Å²) in [6.45, 7) is 6.60. The van der Waals surface area contributed by atoms with Crippen molar-refractivity contribution >= 4 is 0 Å². The first-order valence-electron chi connectivity index (χ1n) is 5.40. The molecule has 3 fully saturated rings. The van der Waals surface area contributed by atoms with Gasteiger partial charge in [-0.15, -0.1) is 0 Å². The topological polar surface area (TPSA) is 20.2 Å². The van der Waals surface area contributed by atoms with Gasteiger partial charge in [0.2, 0.25) is 0 Å². The summed E-state index contributed by atoms with van der Waals surface area (Å²) in [5.74, 6) is 1.71. The molecule has 74 valence electrons. The smallest absolute Gasteiger partial charge is 0.0695 e. The molecule has 0 heterocycles. The molecule has 0 aromatic carbocycles. The van der Waals surface area contributed by atoms with Crippen LogP contribution in [-0.2, 0) is 0 Å². The fraction of sp³-hybridized carbons (Fsp3) is 0.833. The lowest BCUT2D eigenvalue weighted by molar-refractivity contribution is -0.0286. The molecule has 3 aliphatic rings. The summed E-state index contributed by atoms with van der Waals surface area (Å²) < 4.78 is 0. The number of rotatable bonds is 1. The molecule has 0 aromatic rings. The summed E-state index contributed by atoms with van der Waals surface area (Å²) in [5.41, 5.74) is 2.03. The predicted octanol–water partition coefficient (Wildman–Crippen LogP) is 2.75. The van der Waals surface area contributed by atoms with Crippen LogP contribution in [0.1, 0.15) is 40.0 Å². The molecule has 1 N–H and O–H groups in total. The molecule has 0 aliphatic heterocycles. The Hall–Kier alpha value is -0.300. The van der Waals surface area contributed by atoms with Gasteiger partial charge < -0.3 is 5.11 Å². The van der Waals surface area contributed by atoms with E-state index in [9.17, 15) is 5.11 Å². The summed E-state index contributed by atoms with van der Waals surface area (Å²) in [5, 5.41) is 9.33. The Morgan fingerprint density at radius 3 is 2.69 bits per heavy atom. The lowest BCUT2D eigenvalue weighted by Gasteiger charge is -2.58. The Balaban J connectivity index is 2.16. The van der Waals surface area contributed by atoms with Crippen LogP contribution in [0.2, 0.25) is 0 Å². The Labute approximate surface area is 80.8 Å². The molecule has 0 amide bonds. The van der Waals surface area contributed by atoms with Gasteiger partial charge in [0.1, 0.15) is 0 Å². The molecule has 1 heteroatoms. The van der Waals surface area contributed by atoms with Gasteiger partial charge in [-0.3, -0.25) is 0 Å². The Morgan fingerprint density at radius 2 is 2.23 bits per heavy atom. The fourth-order valence-electron chi connectivity index (χ4n) is 3.16. The third-order valence-electron chi connectivity index (χ3n) is 4.15. The highest BCUT2D eigenvalue weighted by Crippen LogP contribution is 2.61. The summed E-state index contributed by atoms with van der Waals surface area (Å²) in [4.78, 5) is 0. The number of hydrogen-bond donors (Lipinski definition) is 1. The minimum absolute atomic E-state index is 0.261. The highest BCUT2D eigenvalue weighted by atomic mass is 16.3. The standard InChI is InChI=1S/C12H20O/c1-8(13)6-9-4-5-10-7-11(9)12(10,2)3/h6,8,10-11,13H,4-5,7H2,1-3H3/b9-6-. The maximum Gasteiger partial charge on any atom is 0.0695 e. The van der Waals surface area contributed by atoms with Crippen LogP contribution in [0.25, 0.3) is 0 Å². The van der Waals surface area contributed by atoms with Crippen molar-refractivity contribution in [3.63, 3.8) is 0 Å². The molecule has 0 aromatic heterocycles. The van der Waals surface area contributed by atoms with Crippen LogP contribution in [-0.4, -0.2) is 11.2 Å². The van der Waals surface area contributed by atoms with Gasteiger partial charge in [0.05, 0.1) is 6.10 Å². The van der Waals surface area contributed by atoms with E-state index in [1.807, 2.05) is 6.92 Å². The van der Waals surface area contributed by atoms with E-state index in [-0.39, 0.29) is 6.10 Å². The zero-order valence-corrected chi connectivity index (χ0v) is 8.88. The van der Waals surface area contributed by atoms with Crippen LogP contribution >= 0.6 is 0 Å². The van der Waals surface area contributed by atoms with E-state index in [2.05, 4.69) is 19.9 Å². The van der Waals surface area contributed by atoms with E-state index in [0.29, 0.717) is 5.41 Å². The molecular formula is C12H20O. The van der Waals surface area contributed by atoms with Gasteiger partial charge in [0.25, 0.3) is 0 Å². The van der Waals surface area contributed by atoms with E-state index in [0.717, 1.165) is 11.8 Å². The lowest BCUT2D eigenvalue weighted by atomic mass is 9.47. The van der Waals surface area contributed by atoms with Crippen molar-refractivity contribution in [2.45, 2.75) is 46.1 Å². The maximum atomic E-state index is 9.33. The van der Waals surface area contributed by atoms with Crippen molar-refractivity contribution in [1.29, 1.82) is 0 Å². The van der Waals surface area contributed by atoms with E-state index in [1.165, 1.54) is 24.8 Å². The van der Waals surface area contributed by atoms with Crippen LogP contribution < -0.4 is 0 Å². The Kier molecular flexibility index (Phi) is 2.03. The normalized spacial score (nSPS) is 41.4. The largest absolute Gasteiger partial charge is 0.389 e. The van der Waals surface area contributed by atoms with Gasteiger partial charge in [0.15, 0.2) is 0 Å². The minimum Gasteiger partial charge on any atom is -0.389 e. The van der Waals surface area contributed by atoms with Crippen molar-refractivity contribution < 1.29 is 5.11 Å². The number of hydrogen-bond acceptors (Lipinski definition) is 1. The van der Waals surface area contributed by atoms with Crippen molar-refractivity contribution in [3.8, 4) is 0 Å². The average molecular weight is 180 g/mol. The van der Waals surface area contributed by atoms with E-state index >= 15 is 0 Å². The first kappa shape index (κ1) is 9.26. The van der Waals surface area contributed by atoms with Crippen LogP contribution in [0.3, 0.4) is 0 Å². The highest BCUT2D eigenvalue weighted by molar-refractivity contribution is 5.22. The highest BCUT2D eigenvalue weighted by Gasteiger charge is 2.51. The SMILES string of the molecule is CC(O)/C=C1/CCC2CC1C2(C)C. The van der Waals surface area contributed by atoms with Gasteiger partial charge in [-0.25, -0.2) is 0 Å². The number of aliphatic hydroxyl groups is 1. The zero-order valence-electron chi connectivity index (χ0n) is 8.88. The summed E-state index contributed by atoms with van der Waals surface area (Å²) >= 11 is 0. The fourth-order valence-corrected chi connectivity index (χ4v) is 3.16. The van der Waals surface area contributed by atoms with E-state index in [4.69, 9.17) is 0 Å². The molecule has 0 saturated heterocycles. The van der Waals surface area contributed by atoms with Crippen molar-refractivity contribution in [2.75, 3.05) is 0 Å². The molecule has 13 heavy (non-hydrogen) atoms. The van der Waals surface area contributed by atoms with Gasteiger partial charge in [-0.05, 0) is 43.4 Å². The number of fused-ring (bicyclic) bond motifs is 2. The van der Waals surface area contributed by atoms with Gasteiger partial charge in [-0.2, -0.15) is 0 Å². The maximum absolute atomic E-state index is 9.33. The predicted molar refractivity (Wildman–Crippen MR) is 54.4 cm³/mol. The second kappa shape index (κ2) is 2.84. The first-order chi connectivity index (χ1) is 6.01. The molecule has 3 atom stereocenters. The first-order valence-corrected chi connectivity index (χ1v) is 5.40. The summed E-state index contributed by atoms with van der Waals surface area (Å²) in [7, 11) is 0. The van der Waals surface area contributed by atoms with Crippen molar-refractivity contribution in [1.82, 2.24) is 0 Å². The monoisotopic (exact) mass is 180 g/mol. The van der Waals surface area contributed by atoms with Crippen LogP contribution in [0.15, 0.2) is 11.6 Å². The van der Waals surface area contributed by atoms with E-state index in [1.54, 1.807) is 0 Å². The molecule has 0 spiro atoms. The molecule has 3 saturated carbocycles.